The first-order chi connectivity index (χ1) is 13.2. The summed E-state index contributed by atoms with van der Waals surface area (Å²) in [5.74, 6) is 1.08. The Labute approximate surface area is 172 Å². The smallest absolute Gasteiger partial charge is 0.410 e. The Kier molecular flexibility index (Phi) is 6.47. The molecule has 1 saturated carbocycles. The number of amides is 1. The highest BCUT2D eigenvalue weighted by atomic mass is 35.5. The van der Waals surface area contributed by atoms with Crippen LogP contribution in [0.25, 0.3) is 0 Å². The second kappa shape index (κ2) is 8.68. The van der Waals surface area contributed by atoms with Gasteiger partial charge in [0.15, 0.2) is 0 Å². The molecule has 0 radical (unpaired) electrons. The molecule has 1 aromatic heterocycles. The van der Waals surface area contributed by atoms with Gasteiger partial charge in [-0.25, -0.2) is 4.79 Å². The summed E-state index contributed by atoms with van der Waals surface area (Å²) in [5.41, 5.74) is -0.501. The summed E-state index contributed by atoms with van der Waals surface area (Å²) < 4.78 is 5.49. The first-order valence-electron chi connectivity index (χ1n) is 10.1. The maximum Gasteiger partial charge on any atom is 0.410 e. The van der Waals surface area contributed by atoms with Crippen LogP contribution in [0.5, 0.6) is 0 Å². The molecule has 1 aliphatic carbocycles. The van der Waals surface area contributed by atoms with Crippen LogP contribution in [0.3, 0.4) is 0 Å². The van der Waals surface area contributed by atoms with E-state index in [9.17, 15) is 4.79 Å². The normalized spacial score (nSPS) is 21.5. The van der Waals surface area contributed by atoms with Gasteiger partial charge in [-0.2, -0.15) is 15.0 Å². The summed E-state index contributed by atoms with van der Waals surface area (Å²) in [4.78, 5) is 29.3. The fourth-order valence-corrected chi connectivity index (χ4v) is 3.86. The highest BCUT2D eigenvalue weighted by molar-refractivity contribution is 6.28. The summed E-state index contributed by atoms with van der Waals surface area (Å²) in [6.07, 6.45) is 5.72. The Morgan fingerprint density at radius 1 is 1.14 bits per heavy atom. The van der Waals surface area contributed by atoms with E-state index in [1.807, 2.05) is 27.7 Å². The van der Waals surface area contributed by atoms with E-state index in [4.69, 9.17) is 16.3 Å². The van der Waals surface area contributed by atoms with Crippen molar-refractivity contribution in [2.45, 2.75) is 77.5 Å². The Morgan fingerprint density at radius 2 is 1.86 bits per heavy atom. The van der Waals surface area contributed by atoms with Crippen molar-refractivity contribution in [1.82, 2.24) is 19.9 Å². The number of halogens is 1. The number of hydrogen-bond donors (Lipinski definition) is 1. The third-order valence-electron chi connectivity index (χ3n) is 5.07. The van der Waals surface area contributed by atoms with Gasteiger partial charge in [0.2, 0.25) is 17.2 Å². The number of piperazine rings is 1. The standard InChI is InChI=1S/C19H31ClN6O2/c1-13-12-25(18(27)28-19(2,3)4)10-11-26(13)17-23-15(20)22-16(24-17)21-14-8-6-5-7-9-14/h13-14H,5-12H2,1-4H3,(H,21,22,23,24). The third kappa shape index (κ3) is 5.59. The van der Waals surface area contributed by atoms with Crippen LogP contribution < -0.4 is 10.2 Å². The second-order valence-electron chi connectivity index (χ2n) is 8.68. The van der Waals surface area contributed by atoms with Gasteiger partial charge in [-0.15, -0.1) is 0 Å². The predicted octanol–water partition coefficient (Wildman–Crippen LogP) is 3.72. The quantitative estimate of drug-likeness (QED) is 0.812. The summed E-state index contributed by atoms with van der Waals surface area (Å²) >= 11 is 6.17. The van der Waals surface area contributed by atoms with Crippen LogP contribution in [0.15, 0.2) is 0 Å². The number of carbonyl (C=O) groups excluding carboxylic acids is 1. The topological polar surface area (TPSA) is 83.5 Å². The molecule has 0 aromatic carbocycles. The van der Waals surface area contributed by atoms with E-state index in [1.165, 1.54) is 19.3 Å². The molecule has 1 amide bonds. The molecule has 1 aromatic rings. The summed E-state index contributed by atoms with van der Waals surface area (Å²) in [5, 5.41) is 3.60. The van der Waals surface area contributed by atoms with Gasteiger partial charge in [-0.1, -0.05) is 19.3 Å². The molecule has 1 unspecified atom stereocenters. The first-order valence-corrected chi connectivity index (χ1v) is 10.5. The van der Waals surface area contributed by atoms with Crippen LogP contribution in [-0.2, 0) is 4.74 Å². The van der Waals surface area contributed by atoms with E-state index in [0.29, 0.717) is 37.6 Å². The van der Waals surface area contributed by atoms with Crippen LogP contribution in [0, 0.1) is 0 Å². The van der Waals surface area contributed by atoms with Crippen LogP contribution in [-0.4, -0.2) is 63.3 Å². The number of anilines is 2. The lowest BCUT2D eigenvalue weighted by molar-refractivity contribution is 0.0218. The summed E-state index contributed by atoms with van der Waals surface area (Å²) in [6, 6.07) is 0.434. The van der Waals surface area contributed by atoms with Crippen LogP contribution in [0.1, 0.15) is 59.8 Å². The molecule has 28 heavy (non-hydrogen) atoms. The molecule has 9 heteroatoms. The van der Waals surface area contributed by atoms with Crippen molar-refractivity contribution in [2.75, 3.05) is 29.9 Å². The molecular formula is C19H31ClN6O2. The molecule has 2 fully saturated rings. The highest BCUT2D eigenvalue weighted by Gasteiger charge is 2.31. The van der Waals surface area contributed by atoms with Crippen molar-refractivity contribution < 1.29 is 9.53 Å². The van der Waals surface area contributed by atoms with Crippen LogP contribution in [0.4, 0.5) is 16.7 Å². The largest absolute Gasteiger partial charge is 0.444 e. The molecule has 156 valence electrons. The maximum absolute atomic E-state index is 12.3. The van der Waals surface area contributed by atoms with Crippen LogP contribution >= 0.6 is 11.6 Å². The van der Waals surface area contributed by atoms with E-state index in [1.54, 1.807) is 4.90 Å². The molecule has 1 N–H and O–H groups in total. The van der Waals surface area contributed by atoms with Gasteiger partial charge in [0.05, 0.1) is 0 Å². The molecule has 8 nitrogen and oxygen atoms in total. The lowest BCUT2D eigenvalue weighted by Crippen LogP contribution is -2.55. The number of nitrogens with zero attached hydrogens (tertiary/aromatic N) is 5. The molecule has 0 spiro atoms. The fraction of sp³-hybridized carbons (Fsp3) is 0.789. The van der Waals surface area contributed by atoms with Gasteiger partial charge in [-0.3, -0.25) is 0 Å². The fourth-order valence-electron chi connectivity index (χ4n) is 3.71. The monoisotopic (exact) mass is 410 g/mol. The summed E-state index contributed by atoms with van der Waals surface area (Å²) in [6.45, 7) is 9.37. The minimum atomic E-state index is -0.501. The number of aromatic nitrogens is 3. The number of ether oxygens (including phenoxy) is 1. The van der Waals surface area contributed by atoms with Gasteiger partial charge < -0.3 is 19.9 Å². The van der Waals surface area contributed by atoms with E-state index >= 15 is 0 Å². The molecule has 3 rings (SSSR count). The molecule has 1 saturated heterocycles. The SMILES string of the molecule is CC1CN(C(=O)OC(C)(C)C)CCN1c1nc(Cl)nc(NC2CCCCC2)n1. The number of carbonyl (C=O) groups is 1. The van der Waals surface area contributed by atoms with Crippen molar-refractivity contribution in [2.24, 2.45) is 0 Å². The van der Waals surface area contributed by atoms with Gasteiger partial charge in [0.25, 0.3) is 0 Å². The van der Waals surface area contributed by atoms with Crippen molar-refractivity contribution in [3.05, 3.63) is 5.28 Å². The summed E-state index contributed by atoms with van der Waals surface area (Å²) in [7, 11) is 0. The van der Waals surface area contributed by atoms with Crippen LogP contribution in [0.2, 0.25) is 5.28 Å². The molecular weight excluding hydrogens is 380 g/mol. The molecule has 0 bridgehead atoms. The predicted molar refractivity (Wildman–Crippen MR) is 110 cm³/mol. The maximum atomic E-state index is 12.3. The Bertz CT molecular complexity index is 689. The van der Waals surface area contributed by atoms with Gasteiger partial charge >= 0.3 is 6.09 Å². The zero-order valence-electron chi connectivity index (χ0n) is 17.2. The lowest BCUT2D eigenvalue weighted by Gasteiger charge is -2.40. The van der Waals surface area contributed by atoms with Crippen molar-refractivity contribution in [1.29, 1.82) is 0 Å². The number of rotatable bonds is 3. The number of hydrogen-bond acceptors (Lipinski definition) is 7. The minimum Gasteiger partial charge on any atom is -0.444 e. The average Bonchev–Trinajstić information content (AvgIpc) is 2.60. The average molecular weight is 411 g/mol. The van der Waals surface area contributed by atoms with Crippen molar-refractivity contribution in [3.63, 3.8) is 0 Å². The molecule has 2 heterocycles. The second-order valence-corrected chi connectivity index (χ2v) is 9.01. The third-order valence-corrected chi connectivity index (χ3v) is 5.24. The highest BCUT2D eigenvalue weighted by Crippen LogP contribution is 2.24. The zero-order chi connectivity index (χ0) is 20.3. The number of nitrogens with one attached hydrogen (secondary N) is 1. The Hall–Kier alpha value is -1.83. The van der Waals surface area contributed by atoms with E-state index in [0.717, 1.165) is 12.8 Å². The van der Waals surface area contributed by atoms with E-state index in [2.05, 4.69) is 25.2 Å². The Balaban J connectivity index is 1.66. The first kappa shape index (κ1) is 20.9. The zero-order valence-corrected chi connectivity index (χ0v) is 18.0. The van der Waals surface area contributed by atoms with Gasteiger partial charge in [0.1, 0.15) is 5.60 Å². The lowest BCUT2D eigenvalue weighted by atomic mass is 9.96. The van der Waals surface area contributed by atoms with Crippen molar-refractivity contribution >= 4 is 29.6 Å². The Morgan fingerprint density at radius 3 is 2.50 bits per heavy atom. The van der Waals surface area contributed by atoms with E-state index in [-0.39, 0.29) is 17.4 Å². The van der Waals surface area contributed by atoms with Gasteiger partial charge in [-0.05, 0) is 52.1 Å². The molecule has 1 atom stereocenters. The van der Waals surface area contributed by atoms with Gasteiger partial charge in [0, 0.05) is 31.7 Å². The molecule has 1 aliphatic heterocycles. The van der Waals surface area contributed by atoms with Crippen molar-refractivity contribution in [3.8, 4) is 0 Å². The van der Waals surface area contributed by atoms with E-state index < -0.39 is 5.60 Å². The minimum absolute atomic E-state index is 0.0438. The molecule has 2 aliphatic rings.